The van der Waals surface area contributed by atoms with Crippen molar-refractivity contribution in [1.82, 2.24) is 0 Å². The molecule has 0 radical (unpaired) electrons. The summed E-state index contributed by atoms with van der Waals surface area (Å²) in [4.78, 5) is 23.7. The number of esters is 2. The molecule has 150 valence electrons. The van der Waals surface area contributed by atoms with E-state index in [1.807, 2.05) is 6.92 Å². The fourth-order valence-electron chi connectivity index (χ4n) is 6.56. The van der Waals surface area contributed by atoms with Crippen molar-refractivity contribution in [1.29, 1.82) is 0 Å². The van der Waals surface area contributed by atoms with Crippen LogP contribution in [0.4, 0.5) is 0 Å². The monoisotopic (exact) mass is 378 g/mol. The molecule has 6 heteroatoms. The van der Waals surface area contributed by atoms with Crippen molar-refractivity contribution in [3.8, 4) is 0 Å². The summed E-state index contributed by atoms with van der Waals surface area (Å²) in [6, 6.07) is 0. The zero-order valence-electron chi connectivity index (χ0n) is 17.1. The van der Waals surface area contributed by atoms with Crippen molar-refractivity contribution in [2.24, 2.45) is 10.8 Å². The largest absolute Gasteiger partial charge is 0.465 e. The molecule has 3 fully saturated rings. The molecule has 2 aliphatic carbocycles. The van der Waals surface area contributed by atoms with Crippen LogP contribution in [0.15, 0.2) is 11.6 Å². The standard InChI is InChI=1S/C21H30O6/c1-12-7-8-20(11-24-14(3)22)16(9-12)25-17-10-18(5,27-15(4)23)19(20,6)21(17)13(2)26-21/h9,13,16-17H,7-8,10-11H2,1-6H3/t13-,16-,17-,18-,19-,20-,21?/m1/s1. The van der Waals surface area contributed by atoms with Gasteiger partial charge < -0.3 is 18.9 Å². The SMILES string of the molecule is CC(=O)OC[C@]12CCC(C)=C[C@H]1O[C@@H]1C[C@@](C)(OC(C)=O)[C@@]2(C)C12O[C@@H]2C. The molecule has 0 N–H and O–H groups in total. The molecule has 2 aliphatic heterocycles. The van der Waals surface area contributed by atoms with E-state index >= 15 is 0 Å². The zero-order valence-corrected chi connectivity index (χ0v) is 17.1. The lowest BCUT2D eigenvalue weighted by atomic mass is 9.48. The summed E-state index contributed by atoms with van der Waals surface area (Å²) in [6.45, 7) is 11.4. The van der Waals surface area contributed by atoms with E-state index in [9.17, 15) is 9.59 Å². The second kappa shape index (κ2) is 5.57. The third-order valence-corrected chi connectivity index (χ3v) is 7.97. The minimum Gasteiger partial charge on any atom is -0.465 e. The molecule has 6 nitrogen and oxygen atoms in total. The highest BCUT2D eigenvalue weighted by Crippen LogP contribution is 2.77. The molecule has 4 aliphatic rings. The lowest BCUT2D eigenvalue weighted by molar-refractivity contribution is -0.249. The van der Waals surface area contributed by atoms with Gasteiger partial charge in [-0.05, 0) is 33.6 Å². The topological polar surface area (TPSA) is 74.4 Å². The Morgan fingerprint density at radius 3 is 2.48 bits per heavy atom. The molecule has 2 heterocycles. The molecule has 0 amide bonds. The molecular weight excluding hydrogens is 348 g/mol. The Balaban J connectivity index is 1.90. The second-order valence-corrected chi connectivity index (χ2v) is 9.20. The molecule has 1 saturated carbocycles. The summed E-state index contributed by atoms with van der Waals surface area (Å²) in [5, 5.41) is 0. The highest BCUT2D eigenvalue weighted by atomic mass is 16.7. The lowest BCUT2D eigenvalue weighted by Crippen LogP contribution is -2.69. The molecule has 4 rings (SSSR count). The van der Waals surface area contributed by atoms with E-state index in [1.165, 1.54) is 19.4 Å². The van der Waals surface area contributed by atoms with Crippen LogP contribution in [-0.2, 0) is 28.5 Å². The molecule has 27 heavy (non-hydrogen) atoms. The van der Waals surface area contributed by atoms with Crippen LogP contribution < -0.4 is 0 Å². The van der Waals surface area contributed by atoms with E-state index in [-0.39, 0.29) is 36.9 Å². The summed E-state index contributed by atoms with van der Waals surface area (Å²) in [5.74, 6) is -0.623. The minimum absolute atomic E-state index is 0.00652. The fraction of sp³-hybridized carbons (Fsp3) is 0.810. The van der Waals surface area contributed by atoms with Crippen molar-refractivity contribution < 1.29 is 28.5 Å². The van der Waals surface area contributed by atoms with Gasteiger partial charge in [-0.1, -0.05) is 18.6 Å². The maximum Gasteiger partial charge on any atom is 0.303 e. The van der Waals surface area contributed by atoms with E-state index in [4.69, 9.17) is 18.9 Å². The number of allylic oxidation sites excluding steroid dienone is 1. The summed E-state index contributed by atoms with van der Waals surface area (Å²) in [6.07, 6.45) is 4.09. The molecule has 0 aromatic rings. The lowest BCUT2D eigenvalue weighted by Gasteiger charge is -2.60. The quantitative estimate of drug-likeness (QED) is 0.427. The first-order valence-electron chi connectivity index (χ1n) is 9.86. The van der Waals surface area contributed by atoms with Crippen LogP contribution in [0, 0.1) is 10.8 Å². The molecule has 1 unspecified atom stereocenters. The van der Waals surface area contributed by atoms with Crippen molar-refractivity contribution in [2.75, 3.05) is 6.61 Å². The Morgan fingerprint density at radius 2 is 1.93 bits per heavy atom. The van der Waals surface area contributed by atoms with Crippen molar-refractivity contribution >= 4 is 11.9 Å². The Morgan fingerprint density at radius 1 is 1.26 bits per heavy atom. The number of fused-ring (bicyclic) bond motifs is 2. The van der Waals surface area contributed by atoms with E-state index in [0.717, 1.165) is 12.8 Å². The van der Waals surface area contributed by atoms with Gasteiger partial charge in [0.1, 0.15) is 17.8 Å². The number of carbonyl (C=O) groups excluding carboxylic acids is 2. The Hall–Kier alpha value is -1.40. The predicted octanol–water partition coefficient (Wildman–Crippen LogP) is 2.93. The van der Waals surface area contributed by atoms with Gasteiger partial charge in [-0.2, -0.15) is 0 Å². The smallest absolute Gasteiger partial charge is 0.303 e. The summed E-state index contributed by atoms with van der Waals surface area (Å²) >= 11 is 0. The number of rotatable bonds is 3. The summed E-state index contributed by atoms with van der Waals surface area (Å²) in [5.41, 5.74) is -1.07. The van der Waals surface area contributed by atoms with Crippen LogP contribution in [0.5, 0.6) is 0 Å². The first-order valence-corrected chi connectivity index (χ1v) is 9.86. The fourth-order valence-corrected chi connectivity index (χ4v) is 6.56. The van der Waals surface area contributed by atoms with Crippen molar-refractivity contribution in [2.45, 2.75) is 90.3 Å². The van der Waals surface area contributed by atoms with Crippen LogP contribution in [0.2, 0.25) is 0 Å². The van der Waals surface area contributed by atoms with Crippen LogP contribution in [0.3, 0.4) is 0 Å². The highest BCUT2D eigenvalue weighted by Gasteiger charge is 2.88. The van der Waals surface area contributed by atoms with Gasteiger partial charge in [0.2, 0.25) is 0 Å². The first kappa shape index (κ1) is 18.9. The van der Waals surface area contributed by atoms with Crippen molar-refractivity contribution in [3.05, 3.63) is 11.6 Å². The Labute approximate surface area is 160 Å². The number of epoxide rings is 1. The van der Waals surface area contributed by atoms with E-state index in [0.29, 0.717) is 6.42 Å². The van der Waals surface area contributed by atoms with Gasteiger partial charge in [0.25, 0.3) is 0 Å². The molecule has 7 atom stereocenters. The van der Waals surface area contributed by atoms with Gasteiger partial charge in [0.05, 0.1) is 23.7 Å². The molecular formula is C21H30O6. The van der Waals surface area contributed by atoms with Gasteiger partial charge in [0.15, 0.2) is 0 Å². The predicted molar refractivity (Wildman–Crippen MR) is 96.9 cm³/mol. The van der Waals surface area contributed by atoms with Crippen LogP contribution in [-0.4, -0.2) is 48.1 Å². The molecule has 2 bridgehead atoms. The van der Waals surface area contributed by atoms with Crippen LogP contribution in [0.1, 0.15) is 60.8 Å². The van der Waals surface area contributed by atoms with Gasteiger partial charge >= 0.3 is 11.9 Å². The average Bonchev–Trinajstić information content (AvgIpc) is 3.20. The van der Waals surface area contributed by atoms with E-state index in [1.54, 1.807) is 0 Å². The van der Waals surface area contributed by atoms with Gasteiger partial charge in [-0.3, -0.25) is 9.59 Å². The molecule has 0 aromatic carbocycles. The first-order chi connectivity index (χ1) is 12.5. The number of hydrogen-bond donors (Lipinski definition) is 0. The average molecular weight is 378 g/mol. The molecule has 2 saturated heterocycles. The van der Waals surface area contributed by atoms with E-state index in [2.05, 4.69) is 26.8 Å². The summed E-state index contributed by atoms with van der Waals surface area (Å²) in [7, 11) is 0. The maximum absolute atomic E-state index is 12.0. The van der Waals surface area contributed by atoms with Crippen molar-refractivity contribution in [3.63, 3.8) is 0 Å². The number of carbonyl (C=O) groups is 2. The molecule has 0 aromatic heterocycles. The number of hydrogen-bond acceptors (Lipinski definition) is 6. The van der Waals surface area contributed by atoms with Crippen LogP contribution in [0.25, 0.3) is 0 Å². The molecule has 1 spiro atoms. The zero-order chi connectivity index (χ0) is 19.8. The Kier molecular flexibility index (Phi) is 3.91. The Bertz CT molecular complexity index is 730. The normalized spacial score (nSPS) is 50.0. The van der Waals surface area contributed by atoms with Crippen LogP contribution >= 0.6 is 0 Å². The third kappa shape index (κ3) is 2.14. The third-order valence-electron chi connectivity index (χ3n) is 7.97. The highest BCUT2D eigenvalue weighted by molar-refractivity contribution is 5.67. The van der Waals surface area contributed by atoms with Gasteiger partial charge in [-0.15, -0.1) is 0 Å². The van der Waals surface area contributed by atoms with E-state index < -0.39 is 22.0 Å². The maximum atomic E-state index is 12.0. The van der Waals surface area contributed by atoms with Gasteiger partial charge in [0, 0.05) is 25.7 Å². The second-order valence-electron chi connectivity index (χ2n) is 9.20. The minimum atomic E-state index is -0.762. The number of ether oxygens (including phenoxy) is 4. The van der Waals surface area contributed by atoms with Gasteiger partial charge in [-0.25, -0.2) is 0 Å². The summed E-state index contributed by atoms with van der Waals surface area (Å²) < 4.78 is 24.4.